The molecule has 0 aliphatic heterocycles. The average molecular weight is 546 g/mol. The largest absolute Gasteiger partial charge is 0.506 e. The Hall–Kier alpha value is -3.31. The van der Waals surface area contributed by atoms with Crippen LogP contribution in [0.15, 0.2) is 59.3 Å². The molecule has 2 amide bonds. The number of rotatable bonds is 7. The third kappa shape index (κ3) is 5.85. The average Bonchev–Trinajstić information content (AvgIpc) is 3.51. The van der Waals surface area contributed by atoms with Gasteiger partial charge in [0.2, 0.25) is 0 Å². The summed E-state index contributed by atoms with van der Waals surface area (Å²) >= 11 is 14.4. The topological polar surface area (TPSA) is 117 Å². The number of aromatic nitrogens is 2. The lowest BCUT2D eigenvalue weighted by molar-refractivity contribution is 0.0949. The van der Waals surface area contributed by atoms with E-state index >= 15 is 0 Å². The third-order valence-electron chi connectivity index (χ3n) is 4.74. The van der Waals surface area contributed by atoms with E-state index in [4.69, 9.17) is 23.2 Å². The highest BCUT2D eigenvalue weighted by molar-refractivity contribution is 7.16. The highest BCUT2D eigenvalue weighted by Crippen LogP contribution is 2.40. The molecule has 4 rings (SSSR count). The highest BCUT2D eigenvalue weighted by atomic mass is 35.5. The highest BCUT2D eigenvalue weighted by Gasteiger charge is 2.17. The van der Waals surface area contributed by atoms with Crippen molar-refractivity contribution < 1.29 is 14.7 Å². The predicted octanol–water partition coefficient (Wildman–Crippen LogP) is 5.36. The fraction of sp³-hybridized carbons (Fsp3) is 0.0870. The van der Waals surface area contributed by atoms with Gasteiger partial charge in [-0.2, -0.15) is 5.10 Å². The summed E-state index contributed by atoms with van der Waals surface area (Å²) in [7, 11) is 0. The second-order valence-electron chi connectivity index (χ2n) is 7.11. The molecule has 3 N–H and O–H groups in total. The SMILES string of the molecule is C/C(=N\NC(=O)c1ccc(C(=O)NCc2ncccn2)s1)c1csc(-c2ccc(Cl)c(Cl)c2)c1O. The van der Waals surface area contributed by atoms with Gasteiger partial charge in [-0.15, -0.1) is 22.7 Å². The Bertz CT molecular complexity index is 1420. The summed E-state index contributed by atoms with van der Waals surface area (Å²) in [6.45, 7) is 1.84. The van der Waals surface area contributed by atoms with Crippen molar-refractivity contribution in [3.05, 3.63) is 85.4 Å². The van der Waals surface area contributed by atoms with Gasteiger partial charge in [0.25, 0.3) is 11.8 Å². The first-order valence-electron chi connectivity index (χ1n) is 10.1. The molecular formula is C23H17Cl2N5O3S2. The van der Waals surface area contributed by atoms with Gasteiger partial charge in [-0.05, 0) is 42.8 Å². The van der Waals surface area contributed by atoms with Crippen molar-refractivity contribution >= 4 is 63.4 Å². The summed E-state index contributed by atoms with van der Waals surface area (Å²) in [5, 5.41) is 20.0. The first-order chi connectivity index (χ1) is 16.8. The lowest BCUT2D eigenvalue weighted by atomic mass is 10.1. The lowest BCUT2D eigenvalue weighted by Gasteiger charge is -2.04. The number of hydrazone groups is 1. The van der Waals surface area contributed by atoms with Crippen LogP contribution in [0, 0.1) is 0 Å². The number of nitrogens with zero attached hydrogens (tertiary/aromatic N) is 3. The molecule has 0 saturated heterocycles. The van der Waals surface area contributed by atoms with E-state index in [1.165, 1.54) is 11.3 Å². The minimum atomic E-state index is -0.473. The summed E-state index contributed by atoms with van der Waals surface area (Å²) in [4.78, 5) is 34.3. The molecule has 35 heavy (non-hydrogen) atoms. The van der Waals surface area contributed by atoms with E-state index in [-0.39, 0.29) is 18.2 Å². The summed E-state index contributed by atoms with van der Waals surface area (Å²) in [6, 6.07) is 9.88. The van der Waals surface area contributed by atoms with Crippen molar-refractivity contribution in [2.75, 3.05) is 0 Å². The molecule has 0 radical (unpaired) electrons. The Morgan fingerprint density at radius 1 is 1.06 bits per heavy atom. The van der Waals surface area contributed by atoms with E-state index in [2.05, 4.69) is 25.8 Å². The first kappa shape index (κ1) is 24.8. The summed E-state index contributed by atoms with van der Waals surface area (Å²) in [6.07, 6.45) is 3.18. The van der Waals surface area contributed by atoms with Crippen LogP contribution in [0.5, 0.6) is 5.75 Å². The standard InChI is InChI=1S/C23H17Cl2N5O3S2/c1-12(14-11-34-21(20(14)31)13-3-4-15(24)16(25)9-13)29-30-23(33)18-6-5-17(35-18)22(32)28-10-19-26-7-2-8-27-19/h2-9,11,31H,10H2,1H3,(H,28,32)(H,30,33)/b29-12+. The first-order valence-corrected chi connectivity index (χ1v) is 12.5. The minimum Gasteiger partial charge on any atom is -0.506 e. The number of benzene rings is 1. The van der Waals surface area contributed by atoms with Crippen LogP contribution >= 0.6 is 45.9 Å². The summed E-state index contributed by atoms with van der Waals surface area (Å²) < 4.78 is 0. The minimum absolute atomic E-state index is 0.0290. The Balaban J connectivity index is 1.40. The maximum atomic E-state index is 12.5. The molecular weight excluding hydrogens is 529 g/mol. The van der Waals surface area contributed by atoms with Gasteiger partial charge >= 0.3 is 0 Å². The zero-order valence-corrected chi connectivity index (χ0v) is 21.2. The molecule has 178 valence electrons. The quantitative estimate of drug-likeness (QED) is 0.213. The molecule has 8 nitrogen and oxygen atoms in total. The number of carbonyl (C=O) groups excluding carboxylic acids is 2. The maximum Gasteiger partial charge on any atom is 0.281 e. The zero-order valence-electron chi connectivity index (χ0n) is 18.1. The molecule has 0 fully saturated rings. The molecule has 0 bridgehead atoms. The lowest BCUT2D eigenvalue weighted by Crippen LogP contribution is -2.23. The van der Waals surface area contributed by atoms with E-state index in [9.17, 15) is 14.7 Å². The Kier molecular flexibility index (Phi) is 7.76. The normalized spacial score (nSPS) is 11.3. The molecule has 4 aromatic rings. The van der Waals surface area contributed by atoms with Crippen LogP contribution in [0.4, 0.5) is 0 Å². The van der Waals surface area contributed by atoms with Gasteiger partial charge < -0.3 is 10.4 Å². The van der Waals surface area contributed by atoms with Crippen LogP contribution in [0.25, 0.3) is 10.4 Å². The van der Waals surface area contributed by atoms with Gasteiger partial charge in [-0.25, -0.2) is 15.4 Å². The molecule has 0 aliphatic carbocycles. The number of amides is 2. The van der Waals surface area contributed by atoms with Crippen molar-refractivity contribution in [1.82, 2.24) is 20.7 Å². The number of carbonyl (C=O) groups is 2. The second-order valence-corrected chi connectivity index (χ2v) is 9.88. The molecule has 0 atom stereocenters. The van der Waals surface area contributed by atoms with E-state index in [0.29, 0.717) is 47.3 Å². The van der Waals surface area contributed by atoms with Gasteiger partial charge in [-0.3, -0.25) is 9.59 Å². The molecule has 3 heterocycles. The summed E-state index contributed by atoms with van der Waals surface area (Å²) in [5.74, 6) is -0.293. The zero-order chi connectivity index (χ0) is 24.9. The third-order valence-corrected chi connectivity index (χ3v) is 7.58. The van der Waals surface area contributed by atoms with Crippen LogP contribution in [-0.4, -0.2) is 32.6 Å². The number of hydrogen-bond acceptors (Lipinski definition) is 8. The van der Waals surface area contributed by atoms with Crippen molar-refractivity contribution in [3.8, 4) is 16.2 Å². The van der Waals surface area contributed by atoms with Gasteiger partial charge in [0.15, 0.2) is 0 Å². The van der Waals surface area contributed by atoms with Crippen molar-refractivity contribution in [2.45, 2.75) is 13.5 Å². The van der Waals surface area contributed by atoms with Crippen molar-refractivity contribution in [1.29, 1.82) is 0 Å². The maximum absolute atomic E-state index is 12.5. The van der Waals surface area contributed by atoms with Crippen LogP contribution in [0.2, 0.25) is 10.0 Å². The number of aromatic hydroxyl groups is 1. The number of nitrogens with one attached hydrogen (secondary N) is 2. The molecule has 0 saturated carbocycles. The number of hydrogen-bond donors (Lipinski definition) is 3. The van der Waals surface area contributed by atoms with Gasteiger partial charge in [0.05, 0.1) is 42.5 Å². The van der Waals surface area contributed by atoms with Gasteiger partial charge in [0.1, 0.15) is 11.6 Å². The predicted molar refractivity (Wildman–Crippen MR) is 139 cm³/mol. The molecule has 12 heteroatoms. The molecule has 0 unspecified atom stereocenters. The Morgan fingerprint density at radius 3 is 2.49 bits per heavy atom. The van der Waals surface area contributed by atoms with E-state index in [0.717, 1.165) is 11.3 Å². The van der Waals surface area contributed by atoms with Crippen molar-refractivity contribution in [2.24, 2.45) is 5.10 Å². The van der Waals surface area contributed by atoms with Crippen LogP contribution in [0.3, 0.4) is 0 Å². The fourth-order valence-corrected chi connectivity index (χ4v) is 5.06. The van der Waals surface area contributed by atoms with Crippen molar-refractivity contribution in [3.63, 3.8) is 0 Å². The second kappa shape index (κ2) is 11.0. The van der Waals surface area contributed by atoms with Crippen LogP contribution in [-0.2, 0) is 6.54 Å². The van der Waals surface area contributed by atoms with Gasteiger partial charge in [0, 0.05) is 17.8 Å². The number of thiophene rings is 2. The van der Waals surface area contributed by atoms with E-state index < -0.39 is 5.91 Å². The summed E-state index contributed by atoms with van der Waals surface area (Å²) in [5.41, 5.74) is 4.07. The molecule has 0 spiro atoms. The molecule has 0 aliphatic rings. The number of halogens is 2. The molecule has 3 aromatic heterocycles. The fourth-order valence-electron chi connectivity index (χ4n) is 2.95. The monoisotopic (exact) mass is 545 g/mol. The van der Waals surface area contributed by atoms with Crippen LogP contribution < -0.4 is 10.7 Å². The van der Waals surface area contributed by atoms with Crippen LogP contribution in [0.1, 0.15) is 37.7 Å². The Labute approximate surface area is 218 Å². The Morgan fingerprint density at radius 2 is 1.77 bits per heavy atom. The smallest absolute Gasteiger partial charge is 0.281 e. The van der Waals surface area contributed by atoms with E-state index in [1.807, 2.05) is 0 Å². The van der Waals surface area contributed by atoms with Gasteiger partial charge in [-0.1, -0.05) is 29.3 Å². The molecule has 1 aromatic carbocycles. The van der Waals surface area contributed by atoms with E-state index in [1.54, 1.807) is 61.1 Å².